The van der Waals surface area contributed by atoms with Crippen LogP contribution in [0.25, 0.3) is 0 Å². The van der Waals surface area contributed by atoms with E-state index >= 15 is 0 Å². The molecule has 0 aromatic rings. The lowest BCUT2D eigenvalue weighted by Crippen LogP contribution is -2.15. The van der Waals surface area contributed by atoms with Crippen LogP contribution in [-0.2, 0) is 14.3 Å². The minimum Gasteiger partial charge on any atom is -0.493 e. The van der Waals surface area contributed by atoms with Crippen molar-refractivity contribution in [3.05, 3.63) is 35.6 Å². The van der Waals surface area contributed by atoms with E-state index in [-0.39, 0.29) is 17.3 Å². The van der Waals surface area contributed by atoms with Crippen LogP contribution in [0.4, 0.5) is 0 Å². The maximum atomic E-state index is 12.0. The summed E-state index contributed by atoms with van der Waals surface area (Å²) >= 11 is 0. The number of hydrogen-bond acceptors (Lipinski definition) is 3. The summed E-state index contributed by atoms with van der Waals surface area (Å²) in [6.07, 6.45) is 20.1. The zero-order chi connectivity index (χ0) is 17.6. The van der Waals surface area contributed by atoms with Crippen molar-refractivity contribution in [3.63, 3.8) is 0 Å². The van der Waals surface area contributed by atoms with E-state index in [0.717, 1.165) is 19.3 Å². The monoisotopic (exact) mass is 332 g/mol. The number of rotatable bonds is 13. The number of unbranched alkanes of at least 4 members (excludes halogenated alkanes) is 8. The van der Waals surface area contributed by atoms with Crippen molar-refractivity contribution in [3.8, 4) is 0 Å². The first-order valence-electron chi connectivity index (χ1n) is 9.39. The molecular formula is C21H32O3. The van der Waals surface area contributed by atoms with Gasteiger partial charge < -0.3 is 4.74 Å². The molecule has 0 aromatic heterocycles. The van der Waals surface area contributed by atoms with Crippen molar-refractivity contribution in [2.24, 2.45) is 0 Å². The quantitative estimate of drug-likeness (QED) is 0.255. The predicted octanol–water partition coefficient (Wildman–Crippen LogP) is 5.46. The standard InChI is InChI=1S/C21H32O3/c1-3-4-5-6-7-8-9-10-11-12-13-14-15-18-16-19(22)17-20(24-2)21(18)23/h10-11,16-17H,3-9,12-15H2,1-2H3/b11-10-. The summed E-state index contributed by atoms with van der Waals surface area (Å²) < 4.78 is 4.96. The molecule has 0 spiro atoms. The molecule has 3 heteroatoms. The van der Waals surface area contributed by atoms with Gasteiger partial charge in [-0.1, -0.05) is 51.2 Å². The van der Waals surface area contributed by atoms with Crippen LogP contribution in [-0.4, -0.2) is 18.7 Å². The zero-order valence-electron chi connectivity index (χ0n) is 15.3. The molecule has 0 radical (unpaired) electrons. The van der Waals surface area contributed by atoms with E-state index in [9.17, 15) is 9.59 Å². The molecule has 134 valence electrons. The van der Waals surface area contributed by atoms with Gasteiger partial charge in [-0.2, -0.15) is 0 Å². The summed E-state index contributed by atoms with van der Waals surface area (Å²) in [7, 11) is 1.43. The lowest BCUT2D eigenvalue weighted by atomic mass is 9.96. The highest BCUT2D eigenvalue weighted by Crippen LogP contribution is 2.19. The van der Waals surface area contributed by atoms with Gasteiger partial charge in [0.2, 0.25) is 5.78 Å². The molecule has 0 bridgehead atoms. The van der Waals surface area contributed by atoms with E-state index in [0.29, 0.717) is 12.0 Å². The maximum absolute atomic E-state index is 12.0. The minimum atomic E-state index is -0.153. The normalized spacial score (nSPS) is 14.9. The number of ether oxygens (including phenoxy) is 1. The first-order valence-corrected chi connectivity index (χ1v) is 9.39. The Morgan fingerprint density at radius 2 is 1.50 bits per heavy atom. The van der Waals surface area contributed by atoms with Crippen LogP contribution in [0.3, 0.4) is 0 Å². The molecule has 0 fully saturated rings. The Bertz CT molecular complexity index is 483. The molecule has 3 nitrogen and oxygen atoms in total. The molecule has 1 rings (SSSR count). The van der Waals surface area contributed by atoms with Gasteiger partial charge in [0.15, 0.2) is 11.5 Å². The Balaban J connectivity index is 2.07. The number of allylic oxidation sites excluding steroid dienone is 5. The molecule has 1 aliphatic carbocycles. The van der Waals surface area contributed by atoms with Gasteiger partial charge in [0.05, 0.1) is 7.11 Å². The van der Waals surface area contributed by atoms with Gasteiger partial charge >= 0.3 is 0 Å². The summed E-state index contributed by atoms with van der Waals surface area (Å²) in [6, 6.07) is 0. The Morgan fingerprint density at radius 3 is 2.17 bits per heavy atom. The average Bonchev–Trinajstić information content (AvgIpc) is 2.58. The highest BCUT2D eigenvalue weighted by atomic mass is 16.5. The first-order chi connectivity index (χ1) is 11.7. The number of Topliss-reactive ketones (excluding diaryl/α,β-unsaturated/α-hetero) is 1. The second-order valence-electron chi connectivity index (χ2n) is 6.39. The molecular weight excluding hydrogens is 300 g/mol. The fraction of sp³-hybridized carbons (Fsp3) is 0.619. The van der Waals surface area contributed by atoms with Crippen LogP contribution in [0.2, 0.25) is 0 Å². The molecule has 0 heterocycles. The van der Waals surface area contributed by atoms with Crippen molar-refractivity contribution in [1.82, 2.24) is 0 Å². The van der Waals surface area contributed by atoms with E-state index in [4.69, 9.17) is 4.74 Å². The molecule has 0 amide bonds. The van der Waals surface area contributed by atoms with Crippen LogP contribution in [0.5, 0.6) is 0 Å². The second kappa shape index (κ2) is 12.7. The molecule has 0 unspecified atom stereocenters. The summed E-state index contributed by atoms with van der Waals surface area (Å²) in [5.41, 5.74) is 0.579. The van der Waals surface area contributed by atoms with Crippen molar-refractivity contribution >= 4 is 11.6 Å². The largest absolute Gasteiger partial charge is 0.493 e. The molecule has 0 N–H and O–H groups in total. The van der Waals surface area contributed by atoms with E-state index in [1.807, 2.05) is 0 Å². The third-order valence-electron chi connectivity index (χ3n) is 4.28. The van der Waals surface area contributed by atoms with Gasteiger partial charge in [0.25, 0.3) is 0 Å². The number of methoxy groups -OCH3 is 1. The van der Waals surface area contributed by atoms with E-state index in [1.165, 1.54) is 64.2 Å². The molecule has 24 heavy (non-hydrogen) atoms. The number of carbonyl (C=O) groups excluding carboxylic acids is 2. The van der Waals surface area contributed by atoms with E-state index in [1.54, 1.807) is 0 Å². The van der Waals surface area contributed by atoms with Gasteiger partial charge in [-0.15, -0.1) is 0 Å². The molecule has 0 aliphatic heterocycles. The highest BCUT2D eigenvalue weighted by Gasteiger charge is 2.21. The van der Waals surface area contributed by atoms with Gasteiger partial charge in [-0.3, -0.25) is 9.59 Å². The van der Waals surface area contributed by atoms with Crippen LogP contribution in [0.1, 0.15) is 77.6 Å². The van der Waals surface area contributed by atoms with Crippen LogP contribution < -0.4 is 0 Å². The second-order valence-corrected chi connectivity index (χ2v) is 6.39. The summed E-state index contributed by atoms with van der Waals surface area (Å²) in [5, 5.41) is 0. The lowest BCUT2D eigenvalue weighted by Gasteiger charge is -2.12. The Kier molecular flexibility index (Phi) is 10.8. The first kappa shape index (κ1) is 20.4. The van der Waals surface area contributed by atoms with Gasteiger partial charge in [-0.25, -0.2) is 0 Å². The van der Waals surface area contributed by atoms with Crippen molar-refractivity contribution in [2.45, 2.75) is 77.6 Å². The summed E-state index contributed by atoms with van der Waals surface area (Å²) in [4.78, 5) is 23.5. The molecule has 0 saturated heterocycles. The van der Waals surface area contributed by atoms with E-state index < -0.39 is 0 Å². The third-order valence-corrected chi connectivity index (χ3v) is 4.28. The fourth-order valence-corrected chi connectivity index (χ4v) is 2.83. The number of carbonyl (C=O) groups is 2. The third kappa shape index (κ3) is 8.28. The fourth-order valence-electron chi connectivity index (χ4n) is 2.83. The maximum Gasteiger partial charge on any atom is 0.223 e. The molecule has 0 saturated carbocycles. The molecule has 1 aliphatic rings. The molecule has 0 atom stereocenters. The zero-order valence-corrected chi connectivity index (χ0v) is 15.3. The summed E-state index contributed by atoms with van der Waals surface area (Å²) in [5.74, 6) is -0.132. The Morgan fingerprint density at radius 1 is 0.875 bits per heavy atom. The minimum absolute atomic E-state index is 0.143. The van der Waals surface area contributed by atoms with Crippen LogP contribution >= 0.6 is 0 Å². The van der Waals surface area contributed by atoms with Crippen molar-refractivity contribution < 1.29 is 14.3 Å². The number of hydrogen-bond donors (Lipinski definition) is 0. The Labute approximate surface area is 146 Å². The average molecular weight is 332 g/mol. The number of ketones is 2. The topological polar surface area (TPSA) is 43.4 Å². The molecule has 0 aromatic carbocycles. The van der Waals surface area contributed by atoms with Crippen LogP contribution in [0, 0.1) is 0 Å². The van der Waals surface area contributed by atoms with Gasteiger partial charge in [0.1, 0.15) is 0 Å². The van der Waals surface area contributed by atoms with Gasteiger partial charge in [0, 0.05) is 11.6 Å². The predicted molar refractivity (Wildman–Crippen MR) is 98.8 cm³/mol. The van der Waals surface area contributed by atoms with Crippen molar-refractivity contribution in [2.75, 3.05) is 7.11 Å². The smallest absolute Gasteiger partial charge is 0.223 e. The van der Waals surface area contributed by atoms with E-state index in [2.05, 4.69) is 19.1 Å². The summed E-state index contributed by atoms with van der Waals surface area (Å²) in [6.45, 7) is 2.24. The van der Waals surface area contributed by atoms with Crippen LogP contribution in [0.15, 0.2) is 35.6 Å². The Hall–Kier alpha value is -1.64. The highest BCUT2D eigenvalue weighted by molar-refractivity contribution is 6.19. The van der Waals surface area contributed by atoms with Crippen molar-refractivity contribution in [1.29, 1.82) is 0 Å². The SMILES string of the molecule is CCCCCCCC/C=C\CCCCC1=CC(=O)C=C(OC)C1=O. The lowest BCUT2D eigenvalue weighted by molar-refractivity contribution is -0.117. The van der Waals surface area contributed by atoms with Gasteiger partial charge in [-0.05, 0) is 44.6 Å².